The SMILES string of the molecule is O=C(CCC(=O)Oc1ccc2ccc(=O)oc2c1)N[C@@H](Cc1ccccc1)C(=O)Nc1ccc([N+](=O)[O-])cc1. The van der Waals surface area contributed by atoms with Crippen LogP contribution in [0.4, 0.5) is 11.4 Å². The number of ether oxygens (including phenoxy) is 1. The second-order valence-electron chi connectivity index (χ2n) is 8.53. The predicted octanol–water partition coefficient (Wildman–Crippen LogP) is 3.75. The monoisotopic (exact) mass is 529 g/mol. The number of non-ortho nitro benzene ring substituents is 1. The number of nitro benzene ring substituents is 1. The number of carbonyl (C=O) groups excluding carboxylic acids is 3. The highest BCUT2D eigenvalue weighted by molar-refractivity contribution is 5.97. The van der Waals surface area contributed by atoms with Gasteiger partial charge in [-0.1, -0.05) is 30.3 Å². The van der Waals surface area contributed by atoms with E-state index in [1.807, 2.05) is 6.07 Å². The van der Waals surface area contributed by atoms with Crippen LogP contribution >= 0.6 is 0 Å². The van der Waals surface area contributed by atoms with Crippen molar-refractivity contribution in [3.8, 4) is 5.75 Å². The van der Waals surface area contributed by atoms with E-state index >= 15 is 0 Å². The van der Waals surface area contributed by atoms with E-state index in [-0.39, 0.29) is 36.3 Å². The highest BCUT2D eigenvalue weighted by Gasteiger charge is 2.22. The number of carbonyl (C=O) groups is 3. The minimum Gasteiger partial charge on any atom is -0.426 e. The fourth-order valence-corrected chi connectivity index (χ4v) is 3.72. The normalized spacial score (nSPS) is 11.4. The topological polar surface area (TPSA) is 158 Å². The van der Waals surface area contributed by atoms with Crippen LogP contribution in [-0.2, 0) is 20.8 Å². The molecule has 0 unspecified atom stereocenters. The van der Waals surface area contributed by atoms with E-state index in [2.05, 4.69) is 10.6 Å². The molecule has 39 heavy (non-hydrogen) atoms. The van der Waals surface area contributed by atoms with Crippen molar-refractivity contribution >= 4 is 40.1 Å². The van der Waals surface area contributed by atoms with Crippen LogP contribution in [0.3, 0.4) is 0 Å². The maximum absolute atomic E-state index is 13.0. The third kappa shape index (κ3) is 7.59. The first-order valence-corrected chi connectivity index (χ1v) is 11.9. The van der Waals surface area contributed by atoms with Gasteiger partial charge in [0.15, 0.2) is 0 Å². The molecule has 0 spiro atoms. The van der Waals surface area contributed by atoms with E-state index in [0.29, 0.717) is 11.1 Å². The Balaban J connectivity index is 1.36. The van der Waals surface area contributed by atoms with Crippen LogP contribution in [-0.4, -0.2) is 28.7 Å². The summed E-state index contributed by atoms with van der Waals surface area (Å²) in [4.78, 5) is 59.7. The van der Waals surface area contributed by atoms with Crippen LogP contribution in [0.2, 0.25) is 0 Å². The molecule has 11 nitrogen and oxygen atoms in total. The van der Waals surface area contributed by atoms with E-state index in [0.717, 1.165) is 5.56 Å². The number of nitro groups is 1. The number of esters is 1. The van der Waals surface area contributed by atoms with E-state index in [9.17, 15) is 29.3 Å². The van der Waals surface area contributed by atoms with Gasteiger partial charge in [0.1, 0.15) is 17.4 Å². The molecule has 3 aromatic carbocycles. The molecular weight excluding hydrogens is 506 g/mol. The molecule has 0 saturated heterocycles. The number of fused-ring (bicyclic) bond motifs is 1. The lowest BCUT2D eigenvalue weighted by Gasteiger charge is -2.19. The van der Waals surface area contributed by atoms with Crippen LogP contribution in [0, 0.1) is 10.1 Å². The number of nitrogens with one attached hydrogen (secondary N) is 2. The summed E-state index contributed by atoms with van der Waals surface area (Å²) in [6.45, 7) is 0. The Bertz CT molecular complexity index is 1570. The molecule has 4 rings (SSSR count). The molecule has 198 valence electrons. The Morgan fingerprint density at radius 2 is 1.64 bits per heavy atom. The van der Waals surface area contributed by atoms with Crippen molar-refractivity contribution in [3.05, 3.63) is 111 Å². The molecule has 0 aliphatic rings. The van der Waals surface area contributed by atoms with Gasteiger partial charge in [-0.05, 0) is 35.9 Å². The number of benzene rings is 3. The van der Waals surface area contributed by atoms with Crippen molar-refractivity contribution in [3.63, 3.8) is 0 Å². The number of nitrogens with zero attached hydrogens (tertiary/aromatic N) is 1. The molecule has 0 fully saturated rings. The first kappa shape index (κ1) is 26.7. The first-order valence-electron chi connectivity index (χ1n) is 11.9. The Hall–Kier alpha value is -5.32. The van der Waals surface area contributed by atoms with Crippen molar-refractivity contribution in [2.24, 2.45) is 0 Å². The Morgan fingerprint density at radius 1 is 0.923 bits per heavy atom. The van der Waals surface area contributed by atoms with Gasteiger partial charge < -0.3 is 19.8 Å². The predicted molar refractivity (Wildman–Crippen MR) is 141 cm³/mol. The summed E-state index contributed by atoms with van der Waals surface area (Å²) in [5, 5.41) is 16.8. The molecule has 0 saturated carbocycles. The quantitative estimate of drug-likeness (QED) is 0.103. The van der Waals surface area contributed by atoms with Crippen LogP contribution in [0.1, 0.15) is 18.4 Å². The van der Waals surface area contributed by atoms with Crippen LogP contribution in [0.25, 0.3) is 11.0 Å². The molecule has 11 heteroatoms. The maximum Gasteiger partial charge on any atom is 0.336 e. The summed E-state index contributed by atoms with van der Waals surface area (Å²) < 4.78 is 10.3. The second kappa shape index (κ2) is 12.3. The zero-order valence-corrected chi connectivity index (χ0v) is 20.5. The lowest BCUT2D eigenvalue weighted by molar-refractivity contribution is -0.384. The van der Waals surface area contributed by atoms with Gasteiger partial charge in [-0.3, -0.25) is 24.5 Å². The average Bonchev–Trinajstić information content (AvgIpc) is 2.92. The van der Waals surface area contributed by atoms with Crippen LogP contribution in [0.15, 0.2) is 94.1 Å². The smallest absolute Gasteiger partial charge is 0.336 e. The maximum atomic E-state index is 13.0. The summed E-state index contributed by atoms with van der Waals surface area (Å²) in [7, 11) is 0. The van der Waals surface area contributed by atoms with Gasteiger partial charge in [0.25, 0.3) is 5.69 Å². The van der Waals surface area contributed by atoms with Crippen molar-refractivity contribution < 1.29 is 28.5 Å². The van der Waals surface area contributed by atoms with Crippen molar-refractivity contribution in [1.82, 2.24) is 5.32 Å². The summed E-state index contributed by atoms with van der Waals surface area (Å²) >= 11 is 0. The van der Waals surface area contributed by atoms with Crippen LogP contribution < -0.4 is 21.0 Å². The highest BCUT2D eigenvalue weighted by Crippen LogP contribution is 2.20. The molecule has 0 radical (unpaired) electrons. The van der Waals surface area contributed by atoms with E-state index in [4.69, 9.17) is 9.15 Å². The largest absolute Gasteiger partial charge is 0.426 e. The lowest BCUT2D eigenvalue weighted by atomic mass is 10.0. The molecule has 1 heterocycles. The molecule has 2 N–H and O–H groups in total. The van der Waals surface area contributed by atoms with E-state index in [1.54, 1.807) is 42.5 Å². The highest BCUT2D eigenvalue weighted by atomic mass is 16.6. The van der Waals surface area contributed by atoms with E-state index in [1.165, 1.54) is 36.4 Å². The van der Waals surface area contributed by atoms with Gasteiger partial charge in [0.2, 0.25) is 11.8 Å². The lowest BCUT2D eigenvalue weighted by Crippen LogP contribution is -2.45. The first-order chi connectivity index (χ1) is 18.8. The minimum absolute atomic E-state index is 0.123. The molecule has 2 amide bonds. The average molecular weight is 530 g/mol. The fraction of sp³-hybridized carbons (Fsp3) is 0.143. The Kier molecular flexibility index (Phi) is 8.42. The number of rotatable bonds is 10. The molecule has 1 aromatic heterocycles. The third-order valence-electron chi connectivity index (χ3n) is 5.66. The zero-order chi connectivity index (χ0) is 27.8. The minimum atomic E-state index is -0.977. The molecule has 0 aliphatic carbocycles. The Labute approximate surface area is 221 Å². The third-order valence-corrected chi connectivity index (χ3v) is 5.66. The molecule has 0 aliphatic heterocycles. The van der Waals surface area contributed by atoms with Crippen LogP contribution in [0.5, 0.6) is 5.75 Å². The van der Waals surface area contributed by atoms with Gasteiger partial charge in [0.05, 0.1) is 11.3 Å². The van der Waals surface area contributed by atoms with Crippen molar-refractivity contribution in [1.29, 1.82) is 0 Å². The molecule has 4 aromatic rings. The summed E-state index contributed by atoms with van der Waals surface area (Å²) in [6.07, 6.45) is -0.319. The molecular formula is C28H23N3O8. The number of amides is 2. The standard InChI is InChI=1S/C28H23N3O8/c32-25(13-15-26(33)38-22-12-6-19-7-14-27(34)39-24(19)17-22)30-23(16-18-4-2-1-3-5-18)28(35)29-20-8-10-21(11-9-20)31(36)37/h1-12,14,17,23H,13,15-16H2,(H,29,35)(H,30,32)/t23-/m0/s1. The van der Waals surface area contributed by atoms with Crippen molar-refractivity contribution in [2.45, 2.75) is 25.3 Å². The summed E-state index contributed by atoms with van der Waals surface area (Å²) in [5.41, 5.74) is 0.720. The molecule has 0 bridgehead atoms. The van der Waals surface area contributed by atoms with Gasteiger partial charge in [-0.25, -0.2) is 4.79 Å². The summed E-state index contributed by atoms with van der Waals surface area (Å²) in [6, 6.07) is 20.8. The number of anilines is 1. The number of hydrogen-bond donors (Lipinski definition) is 2. The van der Waals surface area contributed by atoms with Crippen molar-refractivity contribution in [2.75, 3.05) is 5.32 Å². The van der Waals surface area contributed by atoms with Gasteiger partial charge in [-0.2, -0.15) is 0 Å². The second-order valence-corrected chi connectivity index (χ2v) is 8.53. The zero-order valence-electron chi connectivity index (χ0n) is 20.5. The Morgan fingerprint density at radius 3 is 2.36 bits per heavy atom. The molecule has 1 atom stereocenters. The van der Waals surface area contributed by atoms with Gasteiger partial charge >= 0.3 is 11.6 Å². The van der Waals surface area contributed by atoms with Gasteiger partial charge in [-0.15, -0.1) is 0 Å². The van der Waals surface area contributed by atoms with E-state index < -0.39 is 34.4 Å². The summed E-state index contributed by atoms with van der Waals surface area (Å²) in [5.74, 6) is -1.60. The fourth-order valence-electron chi connectivity index (χ4n) is 3.72. The van der Waals surface area contributed by atoms with Gasteiger partial charge in [0, 0.05) is 48.2 Å². The number of hydrogen-bond acceptors (Lipinski definition) is 8.